The highest BCUT2D eigenvalue weighted by Gasteiger charge is 2.26. The molecular weight excluding hydrogens is 472 g/mol. The Morgan fingerprint density at radius 2 is 1.57 bits per heavy atom. The molecule has 0 aliphatic heterocycles. The highest BCUT2D eigenvalue weighted by Crippen LogP contribution is 2.32. The van der Waals surface area contributed by atoms with Gasteiger partial charge in [0.05, 0.1) is 12.7 Å². The van der Waals surface area contributed by atoms with Crippen LogP contribution in [0.1, 0.15) is 31.1 Å². The number of nitrogens with one attached hydrogen (secondary N) is 2. The summed E-state index contributed by atoms with van der Waals surface area (Å²) >= 11 is 0. The maximum atomic E-state index is 13.0. The highest BCUT2D eigenvalue weighted by molar-refractivity contribution is 7.90. The number of sulfonamides is 1. The minimum absolute atomic E-state index is 0.141. The summed E-state index contributed by atoms with van der Waals surface area (Å²) in [6.07, 6.45) is 0. The molecule has 184 valence electrons. The second-order valence-electron chi connectivity index (χ2n) is 8.63. The van der Waals surface area contributed by atoms with Gasteiger partial charge in [0, 0.05) is 5.54 Å². The van der Waals surface area contributed by atoms with Gasteiger partial charge >= 0.3 is 12.0 Å². The van der Waals surface area contributed by atoms with Gasteiger partial charge in [-0.25, -0.2) is 22.7 Å². The van der Waals surface area contributed by atoms with E-state index in [9.17, 15) is 23.1 Å². The number of methoxy groups -OCH3 is 1. The number of benzene rings is 3. The summed E-state index contributed by atoms with van der Waals surface area (Å²) in [5, 5.41) is 11.8. The van der Waals surface area contributed by atoms with Crippen molar-refractivity contribution in [2.24, 2.45) is 0 Å². The summed E-state index contributed by atoms with van der Waals surface area (Å²) in [6, 6.07) is 16.8. The molecule has 0 bridgehead atoms. The minimum atomic E-state index is -4.47. The lowest BCUT2D eigenvalue weighted by Crippen LogP contribution is -2.48. The number of hydrogen-bond donors (Lipinski definition) is 3. The van der Waals surface area contributed by atoms with E-state index in [2.05, 4.69) is 5.32 Å². The molecular formula is C25H26N2O7S. The lowest BCUT2D eigenvalue weighted by Gasteiger charge is -2.21. The monoisotopic (exact) mass is 498 g/mol. The molecule has 35 heavy (non-hydrogen) atoms. The first-order valence-electron chi connectivity index (χ1n) is 10.5. The predicted molar refractivity (Wildman–Crippen MR) is 131 cm³/mol. The van der Waals surface area contributed by atoms with E-state index in [-0.39, 0.29) is 11.3 Å². The van der Waals surface area contributed by atoms with Gasteiger partial charge in [0.15, 0.2) is 0 Å². The van der Waals surface area contributed by atoms with Crippen LogP contribution in [0.2, 0.25) is 0 Å². The number of amides is 2. The molecule has 3 rings (SSSR count). The van der Waals surface area contributed by atoms with Crippen LogP contribution in [-0.2, 0) is 10.0 Å². The standard InChI is InChI=1S/C25H26N2O7S/c1-25(2,3)26-24(30)27-35(31,32)22-15-18(23(28)29)10-13-21(22)34-20-7-5-6-17(14-20)16-8-11-19(33-4)12-9-16/h5-15H,1-4H3,(H,28,29)(H2,26,27,30). The van der Waals surface area contributed by atoms with Crippen molar-refractivity contribution in [2.75, 3.05) is 7.11 Å². The molecule has 0 atom stereocenters. The third kappa shape index (κ3) is 6.73. The van der Waals surface area contributed by atoms with Crippen LogP contribution in [0.15, 0.2) is 71.6 Å². The second-order valence-corrected chi connectivity index (χ2v) is 10.3. The molecule has 0 saturated heterocycles. The van der Waals surface area contributed by atoms with E-state index in [0.29, 0.717) is 11.5 Å². The maximum absolute atomic E-state index is 13.0. The second kappa shape index (κ2) is 10.1. The summed E-state index contributed by atoms with van der Waals surface area (Å²) in [5.74, 6) is -0.443. The number of carbonyl (C=O) groups is 2. The molecule has 0 heterocycles. The average molecular weight is 499 g/mol. The van der Waals surface area contributed by atoms with E-state index in [1.165, 1.54) is 12.1 Å². The number of rotatable bonds is 7. The zero-order valence-corrected chi connectivity index (χ0v) is 20.5. The van der Waals surface area contributed by atoms with Crippen molar-refractivity contribution in [3.8, 4) is 28.4 Å². The van der Waals surface area contributed by atoms with Crippen molar-refractivity contribution in [3.05, 3.63) is 72.3 Å². The van der Waals surface area contributed by atoms with Crippen molar-refractivity contribution in [2.45, 2.75) is 31.2 Å². The van der Waals surface area contributed by atoms with Gasteiger partial charge < -0.3 is 19.9 Å². The Morgan fingerprint density at radius 3 is 2.17 bits per heavy atom. The van der Waals surface area contributed by atoms with Crippen molar-refractivity contribution in [3.63, 3.8) is 0 Å². The minimum Gasteiger partial charge on any atom is -0.497 e. The lowest BCUT2D eigenvalue weighted by atomic mass is 10.1. The quantitative estimate of drug-likeness (QED) is 0.432. The number of carboxylic acid groups (broad SMARTS) is 1. The van der Waals surface area contributed by atoms with Crippen LogP contribution in [0.25, 0.3) is 11.1 Å². The third-order valence-electron chi connectivity index (χ3n) is 4.68. The molecule has 0 unspecified atom stereocenters. The van der Waals surface area contributed by atoms with Crippen molar-refractivity contribution < 1.29 is 32.6 Å². The number of hydrogen-bond acceptors (Lipinski definition) is 6. The Bertz CT molecular complexity index is 1340. The molecule has 2 amide bonds. The molecule has 0 aliphatic carbocycles. The summed E-state index contributed by atoms with van der Waals surface area (Å²) in [6.45, 7) is 5.07. The van der Waals surface area contributed by atoms with Crippen molar-refractivity contribution in [1.82, 2.24) is 10.0 Å². The van der Waals surface area contributed by atoms with Gasteiger partial charge in [0.2, 0.25) is 0 Å². The van der Waals surface area contributed by atoms with Gasteiger partial charge in [0.1, 0.15) is 22.1 Å². The van der Waals surface area contributed by atoms with Gasteiger partial charge in [0.25, 0.3) is 10.0 Å². The Balaban J connectivity index is 1.96. The molecule has 3 aromatic carbocycles. The lowest BCUT2D eigenvalue weighted by molar-refractivity contribution is 0.0696. The van der Waals surface area contributed by atoms with Crippen LogP contribution in [-0.4, -0.2) is 38.2 Å². The van der Waals surface area contributed by atoms with Gasteiger partial charge in [-0.15, -0.1) is 0 Å². The first kappa shape index (κ1) is 25.6. The molecule has 0 fully saturated rings. The zero-order chi connectivity index (χ0) is 25.8. The fourth-order valence-corrected chi connectivity index (χ4v) is 4.19. The molecule has 0 aliphatic rings. The molecule has 0 radical (unpaired) electrons. The largest absolute Gasteiger partial charge is 0.497 e. The fraction of sp³-hybridized carbons (Fsp3) is 0.200. The fourth-order valence-electron chi connectivity index (χ4n) is 3.13. The molecule has 3 N–H and O–H groups in total. The SMILES string of the molecule is COc1ccc(-c2cccc(Oc3ccc(C(=O)O)cc3S(=O)(=O)NC(=O)NC(C)(C)C)c2)cc1. The summed E-state index contributed by atoms with van der Waals surface area (Å²) in [5.41, 5.74) is 0.718. The molecule has 0 spiro atoms. The predicted octanol–water partition coefficient (Wildman–Crippen LogP) is 4.64. The third-order valence-corrected chi connectivity index (χ3v) is 6.03. The molecule has 0 aromatic heterocycles. The van der Waals surface area contributed by atoms with Crippen LogP contribution < -0.4 is 19.5 Å². The number of carbonyl (C=O) groups excluding carboxylic acids is 1. The van der Waals surface area contributed by atoms with Crippen molar-refractivity contribution in [1.29, 1.82) is 0 Å². The summed E-state index contributed by atoms with van der Waals surface area (Å²) in [7, 11) is -2.90. The summed E-state index contributed by atoms with van der Waals surface area (Å²) in [4.78, 5) is 23.2. The van der Waals surface area contributed by atoms with Gasteiger partial charge in [-0.1, -0.05) is 24.3 Å². The number of urea groups is 1. The number of carboxylic acids is 1. The zero-order valence-electron chi connectivity index (χ0n) is 19.7. The topological polar surface area (TPSA) is 131 Å². The van der Waals surface area contributed by atoms with E-state index in [4.69, 9.17) is 9.47 Å². The number of aromatic carboxylic acids is 1. The molecule has 10 heteroatoms. The first-order valence-corrected chi connectivity index (χ1v) is 12.0. The first-order chi connectivity index (χ1) is 16.4. The van der Waals surface area contributed by atoms with Crippen LogP contribution in [0.5, 0.6) is 17.2 Å². The molecule has 0 saturated carbocycles. The Kier molecular flexibility index (Phi) is 7.35. The Hall–Kier alpha value is -4.05. The van der Waals surface area contributed by atoms with E-state index in [1.807, 2.05) is 35.1 Å². The van der Waals surface area contributed by atoms with Gasteiger partial charge in [-0.05, 0) is 74.4 Å². The van der Waals surface area contributed by atoms with E-state index in [0.717, 1.165) is 17.2 Å². The maximum Gasteiger partial charge on any atom is 0.335 e. The van der Waals surface area contributed by atoms with E-state index < -0.39 is 32.5 Å². The van der Waals surface area contributed by atoms with Gasteiger partial charge in [-0.2, -0.15) is 0 Å². The van der Waals surface area contributed by atoms with Crippen LogP contribution in [0.4, 0.5) is 4.79 Å². The van der Waals surface area contributed by atoms with Gasteiger partial charge in [-0.3, -0.25) is 0 Å². The summed E-state index contributed by atoms with van der Waals surface area (Å²) < 4.78 is 38.9. The number of ether oxygens (including phenoxy) is 2. The van der Waals surface area contributed by atoms with E-state index in [1.54, 1.807) is 46.1 Å². The average Bonchev–Trinajstić information content (AvgIpc) is 2.77. The molecule has 3 aromatic rings. The molecule has 9 nitrogen and oxygen atoms in total. The Labute approximate surface area is 203 Å². The van der Waals surface area contributed by atoms with Crippen LogP contribution in [0, 0.1) is 0 Å². The smallest absolute Gasteiger partial charge is 0.335 e. The Morgan fingerprint density at radius 1 is 0.886 bits per heavy atom. The van der Waals surface area contributed by atoms with E-state index >= 15 is 0 Å². The van der Waals surface area contributed by atoms with Crippen LogP contribution in [0.3, 0.4) is 0 Å². The van der Waals surface area contributed by atoms with Crippen LogP contribution >= 0.6 is 0 Å². The highest BCUT2D eigenvalue weighted by atomic mass is 32.2. The van der Waals surface area contributed by atoms with Crippen molar-refractivity contribution >= 4 is 22.0 Å². The normalized spacial score (nSPS) is 11.4.